The first-order chi connectivity index (χ1) is 18.4. The number of ether oxygens (including phenoxy) is 1. The second-order valence-electron chi connectivity index (χ2n) is 9.64. The number of benzene rings is 3. The number of rotatable bonds is 7. The molecule has 5 rings (SSSR count). The van der Waals surface area contributed by atoms with Crippen LogP contribution in [0.2, 0.25) is 0 Å². The molecule has 0 radical (unpaired) electrons. The number of hydrogen-bond donors (Lipinski definition) is 1. The molecule has 2 fully saturated rings. The lowest BCUT2D eigenvalue weighted by Gasteiger charge is -2.38. The van der Waals surface area contributed by atoms with Gasteiger partial charge in [-0.2, -0.15) is 0 Å². The smallest absolute Gasteiger partial charge is 0.240 e. The number of phenols is 1. The quantitative estimate of drug-likeness (QED) is 0.467. The van der Waals surface area contributed by atoms with Crippen molar-refractivity contribution in [2.45, 2.75) is 29.2 Å². The maximum atomic E-state index is 14.3. The summed E-state index contributed by atoms with van der Waals surface area (Å²) in [6, 6.07) is 18.1. The van der Waals surface area contributed by atoms with Crippen LogP contribution in [0.3, 0.4) is 0 Å². The Morgan fingerprint density at radius 1 is 1.03 bits per heavy atom. The molecule has 3 aromatic rings. The number of anilines is 1. The van der Waals surface area contributed by atoms with Gasteiger partial charge in [0.1, 0.15) is 11.6 Å². The van der Waals surface area contributed by atoms with Crippen LogP contribution in [0, 0.1) is 11.6 Å². The van der Waals surface area contributed by atoms with E-state index in [2.05, 4.69) is 4.90 Å². The second-order valence-corrected chi connectivity index (χ2v) is 11.0. The zero-order valence-electron chi connectivity index (χ0n) is 21.2. The summed E-state index contributed by atoms with van der Waals surface area (Å²) in [6.07, 6.45) is 0.670. The van der Waals surface area contributed by atoms with Crippen LogP contribution in [0.25, 0.3) is 0 Å². The fraction of sp³-hybridized carbons (Fsp3) is 0.345. The van der Waals surface area contributed by atoms with Crippen LogP contribution in [0.5, 0.6) is 11.5 Å². The van der Waals surface area contributed by atoms with Crippen LogP contribution in [-0.2, 0) is 11.3 Å². The van der Waals surface area contributed by atoms with Gasteiger partial charge in [0.15, 0.2) is 11.5 Å². The van der Waals surface area contributed by atoms with Crippen molar-refractivity contribution in [3.05, 3.63) is 83.9 Å². The van der Waals surface area contributed by atoms with Crippen LogP contribution in [-0.4, -0.2) is 71.9 Å². The monoisotopic (exact) mass is 539 g/mol. The Morgan fingerprint density at radius 2 is 1.76 bits per heavy atom. The summed E-state index contributed by atoms with van der Waals surface area (Å²) in [5, 5.41) is 10.2. The zero-order chi connectivity index (χ0) is 26.6. The summed E-state index contributed by atoms with van der Waals surface area (Å²) in [6.45, 7) is 3.42. The molecule has 1 N–H and O–H groups in total. The van der Waals surface area contributed by atoms with E-state index < -0.39 is 0 Å². The van der Waals surface area contributed by atoms with Gasteiger partial charge in [-0.1, -0.05) is 18.2 Å². The lowest BCUT2D eigenvalue weighted by molar-refractivity contribution is -0.136. The van der Waals surface area contributed by atoms with Crippen LogP contribution in [0.15, 0.2) is 71.6 Å². The molecule has 2 saturated heterocycles. The molecule has 2 aliphatic rings. The van der Waals surface area contributed by atoms with Crippen LogP contribution < -0.4 is 9.64 Å². The molecule has 0 unspecified atom stereocenters. The molecule has 6 nitrogen and oxygen atoms in total. The fourth-order valence-corrected chi connectivity index (χ4v) is 6.45. The molecule has 0 bridgehead atoms. The molecule has 0 spiro atoms. The van der Waals surface area contributed by atoms with Crippen molar-refractivity contribution < 1.29 is 23.4 Å². The average molecular weight is 540 g/mol. The van der Waals surface area contributed by atoms with Crippen molar-refractivity contribution in [2.24, 2.45) is 0 Å². The Balaban J connectivity index is 1.30. The highest BCUT2D eigenvalue weighted by Crippen LogP contribution is 2.36. The first-order valence-corrected chi connectivity index (χ1v) is 13.6. The van der Waals surface area contributed by atoms with Crippen molar-refractivity contribution in [3.8, 4) is 11.5 Å². The summed E-state index contributed by atoms with van der Waals surface area (Å²) in [7, 11) is 1.51. The van der Waals surface area contributed by atoms with Crippen molar-refractivity contribution in [2.75, 3.05) is 44.7 Å². The van der Waals surface area contributed by atoms with E-state index in [9.17, 15) is 18.7 Å². The zero-order valence-corrected chi connectivity index (χ0v) is 22.0. The predicted molar refractivity (Wildman–Crippen MR) is 145 cm³/mol. The maximum absolute atomic E-state index is 14.3. The Hall–Kier alpha value is -3.30. The highest BCUT2D eigenvalue weighted by Gasteiger charge is 2.40. The molecule has 0 saturated carbocycles. The Labute approximate surface area is 225 Å². The van der Waals surface area contributed by atoms with Gasteiger partial charge in [0.25, 0.3) is 0 Å². The third-order valence-electron chi connectivity index (χ3n) is 7.18. The number of nitrogens with zero attached hydrogens (tertiary/aromatic N) is 3. The van der Waals surface area contributed by atoms with Gasteiger partial charge < -0.3 is 19.6 Å². The van der Waals surface area contributed by atoms with E-state index in [0.717, 1.165) is 10.5 Å². The molecule has 2 atom stereocenters. The van der Waals surface area contributed by atoms with Crippen molar-refractivity contribution in [3.63, 3.8) is 0 Å². The highest BCUT2D eigenvalue weighted by atomic mass is 32.2. The van der Waals surface area contributed by atoms with E-state index >= 15 is 0 Å². The minimum atomic E-state index is -0.312. The van der Waals surface area contributed by atoms with E-state index in [4.69, 9.17) is 4.74 Å². The molecule has 2 aliphatic heterocycles. The number of methoxy groups -OCH3 is 1. The van der Waals surface area contributed by atoms with Crippen molar-refractivity contribution in [1.82, 2.24) is 9.80 Å². The molecule has 9 heteroatoms. The van der Waals surface area contributed by atoms with Gasteiger partial charge in [-0.05, 0) is 60.5 Å². The van der Waals surface area contributed by atoms with E-state index in [1.807, 2.05) is 21.9 Å². The first-order valence-electron chi connectivity index (χ1n) is 12.7. The minimum absolute atomic E-state index is 0.0720. The highest BCUT2D eigenvalue weighted by molar-refractivity contribution is 8.00. The number of para-hydroxylation sites is 1. The van der Waals surface area contributed by atoms with E-state index in [0.29, 0.717) is 57.1 Å². The van der Waals surface area contributed by atoms with Crippen LogP contribution in [0.1, 0.15) is 12.0 Å². The predicted octanol–water partition coefficient (Wildman–Crippen LogP) is 4.76. The van der Waals surface area contributed by atoms with Gasteiger partial charge in [-0.3, -0.25) is 9.69 Å². The second kappa shape index (κ2) is 11.6. The van der Waals surface area contributed by atoms with Crippen molar-refractivity contribution >= 4 is 23.4 Å². The van der Waals surface area contributed by atoms with Gasteiger partial charge in [0.2, 0.25) is 5.91 Å². The number of piperazine rings is 1. The molecule has 200 valence electrons. The van der Waals surface area contributed by atoms with Gasteiger partial charge in [0.05, 0.1) is 18.8 Å². The molecule has 0 aromatic heterocycles. The molecule has 2 heterocycles. The number of carbonyl (C=O) groups excluding carboxylic acids is 1. The summed E-state index contributed by atoms with van der Waals surface area (Å²) < 4.78 is 33.0. The minimum Gasteiger partial charge on any atom is -0.504 e. The Bertz CT molecular complexity index is 1270. The number of phenolic OH excluding ortho intramolecular Hbond substituents is 1. The molecular formula is C29H31F2N3O3S. The third kappa shape index (κ3) is 5.89. The van der Waals surface area contributed by atoms with E-state index in [-0.39, 0.29) is 34.6 Å². The summed E-state index contributed by atoms with van der Waals surface area (Å²) in [5.41, 5.74) is 1.51. The lowest BCUT2D eigenvalue weighted by atomic mass is 10.1. The number of likely N-dealkylation sites (tertiary alicyclic amines) is 1. The first kappa shape index (κ1) is 26.3. The van der Waals surface area contributed by atoms with Crippen LogP contribution in [0.4, 0.5) is 14.5 Å². The summed E-state index contributed by atoms with van der Waals surface area (Å²) >= 11 is 1.66. The number of hydrogen-bond acceptors (Lipinski definition) is 6. The Kier molecular flexibility index (Phi) is 8.04. The summed E-state index contributed by atoms with van der Waals surface area (Å²) in [5.74, 6) is 0.0189. The Morgan fingerprint density at radius 3 is 2.47 bits per heavy atom. The van der Waals surface area contributed by atoms with Gasteiger partial charge in [-0.25, -0.2) is 8.78 Å². The SMILES string of the molecule is COc1cc(CN2C[C@@H](Sc3ccc(F)cc3)C[C@H]2C(=O)N2CCN(c3ccccc3F)CC2)ccc1O. The fourth-order valence-electron chi connectivity index (χ4n) is 5.23. The molecule has 0 aliphatic carbocycles. The molecule has 3 aromatic carbocycles. The standard InChI is InChI=1S/C29H31F2N3O3S/c1-37-28-16-20(6-11-27(28)35)18-34-19-23(38-22-9-7-21(30)8-10-22)17-26(34)29(36)33-14-12-32(13-15-33)25-5-3-2-4-24(25)31/h2-11,16,23,26,35H,12-15,17-19H2,1H3/t23-,26-/m0/s1. The van der Waals surface area contributed by atoms with E-state index in [1.165, 1.54) is 25.3 Å². The topological polar surface area (TPSA) is 56.2 Å². The normalized spacial score (nSPS) is 20.1. The molecule has 38 heavy (non-hydrogen) atoms. The summed E-state index contributed by atoms with van der Waals surface area (Å²) in [4.78, 5) is 20.8. The third-order valence-corrected chi connectivity index (χ3v) is 8.40. The van der Waals surface area contributed by atoms with Gasteiger partial charge in [0, 0.05) is 49.4 Å². The van der Waals surface area contributed by atoms with Gasteiger partial charge in [-0.15, -0.1) is 11.8 Å². The number of aromatic hydroxyl groups is 1. The number of thioether (sulfide) groups is 1. The number of carbonyl (C=O) groups is 1. The number of amides is 1. The number of halogens is 2. The van der Waals surface area contributed by atoms with Crippen LogP contribution >= 0.6 is 11.8 Å². The maximum Gasteiger partial charge on any atom is 0.240 e. The van der Waals surface area contributed by atoms with E-state index in [1.54, 1.807) is 48.2 Å². The van der Waals surface area contributed by atoms with Gasteiger partial charge >= 0.3 is 0 Å². The molecular weight excluding hydrogens is 508 g/mol. The largest absolute Gasteiger partial charge is 0.504 e. The average Bonchev–Trinajstić information content (AvgIpc) is 3.32. The lowest BCUT2D eigenvalue weighted by Crippen LogP contribution is -2.53. The van der Waals surface area contributed by atoms with Crippen molar-refractivity contribution in [1.29, 1.82) is 0 Å². The molecule has 1 amide bonds.